The van der Waals surface area contributed by atoms with E-state index in [0.717, 1.165) is 32.0 Å². The SMILES string of the molecule is Cc1cccc(N2CCN(c3cc(C(=O)NC(C)(C)C)ccn3)CC2)c1C. The minimum atomic E-state index is -0.252. The van der Waals surface area contributed by atoms with Crippen LogP contribution >= 0.6 is 0 Å². The van der Waals surface area contributed by atoms with Gasteiger partial charge in [0.1, 0.15) is 5.82 Å². The first-order chi connectivity index (χ1) is 12.7. The Morgan fingerprint density at radius 3 is 2.37 bits per heavy atom. The Labute approximate surface area is 162 Å². The normalized spacial score (nSPS) is 15.0. The van der Waals surface area contributed by atoms with E-state index in [1.807, 2.05) is 26.8 Å². The molecule has 27 heavy (non-hydrogen) atoms. The number of hydrogen-bond acceptors (Lipinski definition) is 4. The van der Waals surface area contributed by atoms with Gasteiger partial charge in [-0.25, -0.2) is 4.98 Å². The van der Waals surface area contributed by atoms with Crippen molar-refractivity contribution >= 4 is 17.4 Å². The molecule has 3 rings (SSSR count). The fraction of sp³-hybridized carbons (Fsp3) is 0.455. The van der Waals surface area contributed by atoms with Crippen molar-refractivity contribution in [2.24, 2.45) is 0 Å². The largest absolute Gasteiger partial charge is 0.368 e. The predicted molar refractivity (Wildman–Crippen MR) is 112 cm³/mol. The lowest BCUT2D eigenvalue weighted by molar-refractivity contribution is 0.0919. The lowest BCUT2D eigenvalue weighted by atomic mass is 10.1. The summed E-state index contributed by atoms with van der Waals surface area (Å²) in [5.41, 5.74) is 4.41. The van der Waals surface area contributed by atoms with Gasteiger partial charge in [-0.15, -0.1) is 0 Å². The van der Waals surface area contributed by atoms with E-state index < -0.39 is 0 Å². The second-order valence-corrected chi connectivity index (χ2v) is 8.30. The Balaban J connectivity index is 1.69. The van der Waals surface area contributed by atoms with Gasteiger partial charge in [0.05, 0.1) is 0 Å². The van der Waals surface area contributed by atoms with Crippen LogP contribution in [0.4, 0.5) is 11.5 Å². The zero-order valence-electron chi connectivity index (χ0n) is 17.0. The fourth-order valence-electron chi connectivity index (χ4n) is 3.40. The number of carbonyl (C=O) groups is 1. The first kappa shape index (κ1) is 19.2. The third-order valence-corrected chi connectivity index (χ3v) is 5.02. The number of pyridine rings is 1. The van der Waals surface area contributed by atoms with Gasteiger partial charge < -0.3 is 15.1 Å². The van der Waals surface area contributed by atoms with Crippen molar-refractivity contribution in [1.82, 2.24) is 10.3 Å². The number of aromatic nitrogens is 1. The van der Waals surface area contributed by atoms with Crippen LogP contribution in [-0.2, 0) is 0 Å². The molecule has 1 saturated heterocycles. The molecule has 1 aliphatic heterocycles. The van der Waals surface area contributed by atoms with Gasteiger partial charge >= 0.3 is 0 Å². The third-order valence-electron chi connectivity index (χ3n) is 5.02. The van der Waals surface area contributed by atoms with Crippen LogP contribution in [0.2, 0.25) is 0 Å². The molecule has 5 nitrogen and oxygen atoms in total. The summed E-state index contributed by atoms with van der Waals surface area (Å²) in [6.45, 7) is 14.0. The van der Waals surface area contributed by atoms with E-state index in [1.165, 1.54) is 16.8 Å². The van der Waals surface area contributed by atoms with Crippen molar-refractivity contribution in [2.75, 3.05) is 36.0 Å². The van der Waals surface area contributed by atoms with E-state index in [2.05, 4.69) is 52.1 Å². The van der Waals surface area contributed by atoms with Crippen LogP contribution in [0.15, 0.2) is 36.5 Å². The smallest absolute Gasteiger partial charge is 0.251 e. The van der Waals surface area contributed by atoms with Gasteiger partial charge in [0, 0.05) is 49.2 Å². The summed E-state index contributed by atoms with van der Waals surface area (Å²) in [5.74, 6) is 0.817. The van der Waals surface area contributed by atoms with Crippen molar-refractivity contribution in [3.05, 3.63) is 53.2 Å². The molecule has 144 valence electrons. The highest BCUT2D eigenvalue weighted by molar-refractivity contribution is 5.95. The van der Waals surface area contributed by atoms with Gasteiger partial charge in [-0.2, -0.15) is 0 Å². The van der Waals surface area contributed by atoms with Crippen LogP contribution in [0.25, 0.3) is 0 Å². The molecular weight excluding hydrogens is 336 g/mol. The first-order valence-corrected chi connectivity index (χ1v) is 9.59. The zero-order valence-corrected chi connectivity index (χ0v) is 17.0. The fourth-order valence-corrected chi connectivity index (χ4v) is 3.40. The number of aryl methyl sites for hydroxylation is 1. The Bertz CT molecular complexity index is 817. The number of carbonyl (C=O) groups excluding carboxylic acids is 1. The topological polar surface area (TPSA) is 48.5 Å². The highest BCUT2D eigenvalue weighted by Gasteiger charge is 2.21. The summed E-state index contributed by atoms with van der Waals surface area (Å²) in [5, 5.41) is 3.01. The summed E-state index contributed by atoms with van der Waals surface area (Å²) in [6.07, 6.45) is 1.73. The van der Waals surface area contributed by atoms with Crippen molar-refractivity contribution in [3.8, 4) is 0 Å². The number of benzene rings is 1. The molecule has 0 spiro atoms. The standard InChI is InChI=1S/C22H30N4O/c1-16-7-6-8-19(17(16)2)25-11-13-26(14-12-25)20-15-18(9-10-23-20)21(27)24-22(3,4)5/h6-10,15H,11-14H2,1-5H3,(H,24,27). The van der Waals surface area contributed by atoms with E-state index in [4.69, 9.17) is 0 Å². The quantitative estimate of drug-likeness (QED) is 0.902. The Morgan fingerprint density at radius 2 is 1.70 bits per heavy atom. The predicted octanol–water partition coefficient (Wildman–Crippen LogP) is 3.55. The molecule has 1 aromatic carbocycles. The molecule has 0 bridgehead atoms. The molecule has 0 atom stereocenters. The molecule has 1 fully saturated rings. The van der Waals surface area contributed by atoms with Gasteiger partial charge in [-0.3, -0.25) is 4.79 Å². The molecular formula is C22H30N4O. The van der Waals surface area contributed by atoms with Crippen LogP contribution in [0.1, 0.15) is 42.3 Å². The van der Waals surface area contributed by atoms with Crippen molar-refractivity contribution in [2.45, 2.75) is 40.2 Å². The molecule has 0 radical (unpaired) electrons. The van der Waals surface area contributed by atoms with Crippen LogP contribution < -0.4 is 15.1 Å². The average Bonchev–Trinajstić information content (AvgIpc) is 2.63. The van der Waals surface area contributed by atoms with Gasteiger partial charge in [0.25, 0.3) is 5.91 Å². The number of anilines is 2. The second-order valence-electron chi connectivity index (χ2n) is 8.30. The van der Waals surface area contributed by atoms with Crippen LogP contribution in [0.3, 0.4) is 0 Å². The van der Waals surface area contributed by atoms with Crippen molar-refractivity contribution in [3.63, 3.8) is 0 Å². The van der Waals surface area contributed by atoms with Crippen LogP contribution in [-0.4, -0.2) is 42.6 Å². The molecule has 0 unspecified atom stereocenters. The Morgan fingerprint density at radius 1 is 1.04 bits per heavy atom. The van der Waals surface area contributed by atoms with Crippen LogP contribution in [0.5, 0.6) is 0 Å². The minimum absolute atomic E-state index is 0.0554. The van der Waals surface area contributed by atoms with Crippen molar-refractivity contribution < 1.29 is 4.79 Å². The zero-order chi connectivity index (χ0) is 19.6. The molecule has 1 aliphatic rings. The summed E-state index contributed by atoms with van der Waals surface area (Å²) in [6, 6.07) is 10.2. The van der Waals surface area contributed by atoms with E-state index in [0.29, 0.717) is 5.56 Å². The van der Waals surface area contributed by atoms with E-state index in [-0.39, 0.29) is 11.4 Å². The molecule has 1 N–H and O–H groups in total. The highest BCUT2D eigenvalue weighted by Crippen LogP contribution is 2.25. The van der Waals surface area contributed by atoms with Crippen LogP contribution in [0, 0.1) is 13.8 Å². The maximum absolute atomic E-state index is 12.4. The van der Waals surface area contributed by atoms with E-state index in [9.17, 15) is 4.79 Å². The lowest BCUT2D eigenvalue weighted by Crippen LogP contribution is -2.47. The number of amides is 1. The summed E-state index contributed by atoms with van der Waals surface area (Å²) < 4.78 is 0. The number of piperazine rings is 1. The number of hydrogen-bond donors (Lipinski definition) is 1. The molecule has 2 heterocycles. The molecule has 0 saturated carbocycles. The molecule has 1 aromatic heterocycles. The minimum Gasteiger partial charge on any atom is -0.368 e. The molecule has 1 amide bonds. The summed E-state index contributed by atoms with van der Waals surface area (Å²) in [7, 11) is 0. The lowest BCUT2D eigenvalue weighted by Gasteiger charge is -2.37. The maximum Gasteiger partial charge on any atom is 0.251 e. The maximum atomic E-state index is 12.4. The molecule has 0 aliphatic carbocycles. The summed E-state index contributed by atoms with van der Waals surface area (Å²) in [4.78, 5) is 21.6. The third kappa shape index (κ3) is 4.59. The monoisotopic (exact) mass is 366 g/mol. The van der Waals surface area contributed by atoms with Gasteiger partial charge in [0.2, 0.25) is 0 Å². The van der Waals surface area contributed by atoms with Gasteiger partial charge in [0.15, 0.2) is 0 Å². The van der Waals surface area contributed by atoms with E-state index >= 15 is 0 Å². The average molecular weight is 367 g/mol. The molecule has 5 heteroatoms. The number of nitrogens with zero attached hydrogens (tertiary/aromatic N) is 3. The van der Waals surface area contributed by atoms with Gasteiger partial charge in [-0.05, 0) is 63.9 Å². The second kappa shape index (κ2) is 7.59. The van der Waals surface area contributed by atoms with E-state index in [1.54, 1.807) is 12.3 Å². The first-order valence-electron chi connectivity index (χ1n) is 9.59. The highest BCUT2D eigenvalue weighted by atomic mass is 16.1. The number of rotatable bonds is 3. The Kier molecular flexibility index (Phi) is 5.40. The number of nitrogens with one attached hydrogen (secondary N) is 1. The summed E-state index contributed by atoms with van der Waals surface area (Å²) >= 11 is 0. The Hall–Kier alpha value is -2.56. The van der Waals surface area contributed by atoms with Gasteiger partial charge in [-0.1, -0.05) is 12.1 Å². The molecule has 2 aromatic rings. The van der Waals surface area contributed by atoms with Crippen molar-refractivity contribution in [1.29, 1.82) is 0 Å².